The molecule has 160 valence electrons. The zero-order valence-electron chi connectivity index (χ0n) is 17.5. The molecule has 2 aliphatic rings. The fraction of sp³-hybridized carbons (Fsp3) is 0.259. The molecule has 0 saturated heterocycles. The van der Waals surface area contributed by atoms with Crippen molar-refractivity contribution in [2.45, 2.75) is 37.7 Å². The minimum atomic E-state index is -0.250. The minimum absolute atomic E-state index is 0.00194. The van der Waals surface area contributed by atoms with Crippen molar-refractivity contribution in [1.82, 2.24) is 0 Å². The van der Waals surface area contributed by atoms with E-state index in [0.29, 0.717) is 5.92 Å². The third-order valence-electron chi connectivity index (χ3n) is 5.77. The molecule has 5 rings (SSSR count). The molecule has 1 N–H and O–H groups in total. The fourth-order valence-electron chi connectivity index (χ4n) is 4.12. The summed E-state index contributed by atoms with van der Waals surface area (Å²) in [6.07, 6.45) is 3.81. The second-order valence-electron chi connectivity index (χ2n) is 7.70. The van der Waals surface area contributed by atoms with Crippen molar-refractivity contribution < 1.29 is 19.4 Å². The SMILES string of the molecule is O=C(OC1Cc2ccccc2C1)C1CCC1c1ccccc1.O=CO.c1ccccc1. The van der Waals surface area contributed by atoms with Gasteiger partial charge in [0.15, 0.2) is 0 Å². The number of carbonyl (C=O) groups is 2. The molecule has 2 aliphatic carbocycles. The molecule has 3 aromatic rings. The normalized spacial score (nSPS) is 18.7. The van der Waals surface area contributed by atoms with Crippen LogP contribution >= 0.6 is 0 Å². The van der Waals surface area contributed by atoms with Crippen molar-refractivity contribution >= 4 is 12.4 Å². The molecule has 3 aromatic carbocycles. The van der Waals surface area contributed by atoms with Crippen LogP contribution in [0.25, 0.3) is 0 Å². The van der Waals surface area contributed by atoms with Gasteiger partial charge in [0.25, 0.3) is 6.47 Å². The van der Waals surface area contributed by atoms with E-state index in [9.17, 15) is 4.79 Å². The maximum Gasteiger partial charge on any atom is 0.309 e. The molecule has 1 saturated carbocycles. The highest BCUT2D eigenvalue weighted by Crippen LogP contribution is 2.43. The van der Waals surface area contributed by atoms with Crippen LogP contribution in [0.5, 0.6) is 0 Å². The van der Waals surface area contributed by atoms with Crippen LogP contribution in [0, 0.1) is 5.92 Å². The van der Waals surface area contributed by atoms with Gasteiger partial charge in [0.2, 0.25) is 0 Å². The summed E-state index contributed by atoms with van der Waals surface area (Å²) in [7, 11) is 0. The monoisotopic (exact) mass is 416 g/mol. The average molecular weight is 417 g/mol. The summed E-state index contributed by atoms with van der Waals surface area (Å²) in [6, 6.07) is 30.7. The van der Waals surface area contributed by atoms with Crippen LogP contribution in [0.15, 0.2) is 91.0 Å². The number of benzene rings is 3. The summed E-state index contributed by atoms with van der Waals surface area (Å²) in [5.74, 6) is 0.390. The van der Waals surface area contributed by atoms with Gasteiger partial charge in [0.1, 0.15) is 6.10 Å². The van der Waals surface area contributed by atoms with Crippen molar-refractivity contribution in [1.29, 1.82) is 0 Å². The topological polar surface area (TPSA) is 63.6 Å². The molecule has 0 heterocycles. The average Bonchev–Trinajstić information content (AvgIpc) is 3.18. The summed E-state index contributed by atoms with van der Waals surface area (Å²) >= 11 is 0. The number of carbonyl (C=O) groups excluding carboxylic acids is 1. The van der Waals surface area contributed by atoms with Gasteiger partial charge in [-0.2, -0.15) is 0 Å². The molecule has 0 amide bonds. The van der Waals surface area contributed by atoms with Gasteiger partial charge >= 0.3 is 5.97 Å². The Bertz CT molecular complexity index is 888. The van der Waals surface area contributed by atoms with E-state index in [2.05, 4.69) is 36.4 Å². The van der Waals surface area contributed by atoms with E-state index in [-0.39, 0.29) is 24.5 Å². The lowest BCUT2D eigenvalue weighted by molar-refractivity contribution is -0.157. The molecular formula is C27H28O4. The minimum Gasteiger partial charge on any atom is -0.483 e. The lowest BCUT2D eigenvalue weighted by Crippen LogP contribution is -2.35. The molecule has 0 aliphatic heterocycles. The van der Waals surface area contributed by atoms with Gasteiger partial charge in [-0.05, 0) is 35.4 Å². The number of carboxylic acid groups (broad SMARTS) is 1. The van der Waals surface area contributed by atoms with E-state index in [0.717, 1.165) is 25.7 Å². The van der Waals surface area contributed by atoms with Crippen LogP contribution in [-0.4, -0.2) is 23.7 Å². The van der Waals surface area contributed by atoms with Crippen LogP contribution in [0.3, 0.4) is 0 Å². The van der Waals surface area contributed by atoms with Gasteiger partial charge in [0.05, 0.1) is 5.92 Å². The third kappa shape index (κ3) is 6.29. The van der Waals surface area contributed by atoms with Crippen molar-refractivity contribution in [3.05, 3.63) is 108 Å². The molecule has 4 heteroatoms. The quantitative estimate of drug-likeness (QED) is 0.466. The van der Waals surface area contributed by atoms with Crippen molar-refractivity contribution in [2.75, 3.05) is 0 Å². The van der Waals surface area contributed by atoms with Gasteiger partial charge in [-0.3, -0.25) is 9.59 Å². The Kier molecular flexibility index (Phi) is 8.41. The van der Waals surface area contributed by atoms with Gasteiger partial charge < -0.3 is 9.84 Å². The molecule has 2 unspecified atom stereocenters. The van der Waals surface area contributed by atoms with E-state index in [1.54, 1.807) is 0 Å². The first-order chi connectivity index (χ1) is 15.2. The van der Waals surface area contributed by atoms with Crippen LogP contribution in [0.1, 0.15) is 35.4 Å². The second-order valence-corrected chi connectivity index (χ2v) is 7.70. The zero-order chi connectivity index (χ0) is 21.9. The molecule has 1 fully saturated rings. The Balaban J connectivity index is 0.000000255. The Morgan fingerprint density at radius 1 is 0.774 bits per heavy atom. The Morgan fingerprint density at radius 2 is 1.23 bits per heavy atom. The van der Waals surface area contributed by atoms with E-state index < -0.39 is 0 Å². The predicted octanol–water partition coefficient (Wildman–Crippen LogP) is 5.28. The van der Waals surface area contributed by atoms with Gasteiger partial charge in [-0.15, -0.1) is 0 Å². The van der Waals surface area contributed by atoms with Crippen molar-refractivity contribution in [3.8, 4) is 0 Å². The van der Waals surface area contributed by atoms with Gasteiger partial charge in [0, 0.05) is 12.8 Å². The molecule has 4 nitrogen and oxygen atoms in total. The van der Waals surface area contributed by atoms with E-state index in [4.69, 9.17) is 14.6 Å². The van der Waals surface area contributed by atoms with E-state index >= 15 is 0 Å². The first-order valence-electron chi connectivity index (χ1n) is 10.6. The summed E-state index contributed by atoms with van der Waals surface area (Å²) in [5, 5.41) is 6.89. The molecule has 0 spiro atoms. The fourth-order valence-corrected chi connectivity index (χ4v) is 4.12. The van der Waals surface area contributed by atoms with Crippen LogP contribution < -0.4 is 0 Å². The zero-order valence-corrected chi connectivity index (χ0v) is 17.5. The van der Waals surface area contributed by atoms with E-state index in [1.807, 2.05) is 54.6 Å². The molecular weight excluding hydrogens is 388 g/mol. The van der Waals surface area contributed by atoms with Gasteiger partial charge in [-0.1, -0.05) is 91.0 Å². The molecule has 31 heavy (non-hydrogen) atoms. The summed E-state index contributed by atoms with van der Waals surface area (Å²) in [4.78, 5) is 20.9. The van der Waals surface area contributed by atoms with E-state index in [1.165, 1.54) is 16.7 Å². The first kappa shape index (κ1) is 22.3. The standard InChI is InChI=1S/C20H20O2.C6H6.CH2O2/c21-20(19-11-10-18(19)14-6-2-1-3-7-14)22-17-12-15-8-4-5-9-16(15)13-17;1-2-4-6-5-3-1;2-1-3/h1-9,17-19H,10-13H2;1-6H;1H,(H,2,3). The number of hydrogen-bond donors (Lipinski definition) is 1. The maximum atomic E-state index is 12.5. The van der Waals surface area contributed by atoms with Crippen molar-refractivity contribution in [2.24, 2.45) is 5.92 Å². The molecule has 2 atom stereocenters. The lowest BCUT2D eigenvalue weighted by atomic mass is 9.70. The highest BCUT2D eigenvalue weighted by molar-refractivity contribution is 5.75. The number of esters is 1. The molecule has 0 bridgehead atoms. The number of ether oxygens (including phenoxy) is 1. The second kappa shape index (κ2) is 11.7. The summed E-state index contributed by atoms with van der Waals surface area (Å²) < 4.78 is 5.81. The maximum absolute atomic E-state index is 12.5. The van der Waals surface area contributed by atoms with Gasteiger partial charge in [-0.25, -0.2) is 0 Å². The smallest absolute Gasteiger partial charge is 0.309 e. The summed E-state index contributed by atoms with van der Waals surface area (Å²) in [6.45, 7) is -0.250. The predicted molar refractivity (Wildman–Crippen MR) is 121 cm³/mol. The van der Waals surface area contributed by atoms with Crippen LogP contribution in [0.2, 0.25) is 0 Å². The lowest BCUT2D eigenvalue weighted by Gasteiger charge is -2.35. The van der Waals surface area contributed by atoms with Crippen molar-refractivity contribution in [3.63, 3.8) is 0 Å². The van der Waals surface area contributed by atoms with Crippen LogP contribution in [-0.2, 0) is 27.2 Å². The third-order valence-corrected chi connectivity index (χ3v) is 5.77. The summed E-state index contributed by atoms with van der Waals surface area (Å²) in [5.41, 5.74) is 3.92. The number of hydrogen-bond acceptors (Lipinski definition) is 3. The molecule has 0 aromatic heterocycles. The largest absolute Gasteiger partial charge is 0.483 e. The Hall–Kier alpha value is -3.40. The first-order valence-corrected chi connectivity index (χ1v) is 10.6. The Morgan fingerprint density at radius 3 is 1.68 bits per heavy atom. The highest BCUT2D eigenvalue weighted by Gasteiger charge is 2.40. The molecule has 0 radical (unpaired) electrons. The highest BCUT2D eigenvalue weighted by atomic mass is 16.5. The number of fused-ring (bicyclic) bond motifs is 1. The Labute approximate surface area is 183 Å². The van der Waals surface area contributed by atoms with Crippen LogP contribution in [0.4, 0.5) is 0 Å². The number of rotatable bonds is 3.